The number of carbonyl (C=O) groups is 1. The average Bonchev–Trinajstić information content (AvgIpc) is 2.27. The zero-order valence-corrected chi connectivity index (χ0v) is 11.7. The van der Waals surface area contributed by atoms with E-state index in [0.29, 0.717) is 17.0 Å². The summed E-state index contributed by atoms with van der Waals surface area (Å²) in [5.41, 5.74) is 6.54. The molecule has 0 saturated heterocycles. The third kappa shape index (κ3) is 4.78. The van der Waals surface area contributed by atoms with Gasteiger partial charge in [0.2, 0.25) is 0 Å². The Bertz CT molecular complexity index is 553. The summed E-state index contributed by atoms with van der Waals surface area (Å²) >= 11 is 0. The van der Waals surface area contributed by atoms with Crippen molar-refractivity contribution < 1.29 is 22.7 Å². The van der Waals surface area contributed by atoms with E-state index >= 15 is 0 Å². The lowest BCUT2D eigenvalue weighted by Crippen LogP contribution is -2.20. The molecule has 0 fully saturated rings. The van der Waals surface area contributed by atoms with Crippen molar-refractivity contribution in [3.05, 3.63) is 23.8 Å². The van der Waals surface area contributed by atoms with Crippen LogP contribution in [0.2, 0.25) is 0 Å². The third-order valence-electron chi connectivity index (χ3n) is 2.32. The largest absolute Gasteiger partial charge is 0.495 e. The van der Waals surface area contributed by atoms with Crippen molar-refractivity contribution in [2.75, 3.05) is 25.2 Å². The molecule has 1 aromatic rings. The predicted octanol–water partition coefficient (Wildman–Crippen LogP) is 0.755. The van der Waals surface area contributed by atoms with Gasteiger partial charge in [0.25, 0.3) is 0 Å². The minimum absolute atomic E-state index is 0.157. The maximum absolute atomic E-state index is 11.8. The molecule has 106 valence electrons. The first-order chi connectivity index (χ1) is 8.88. The average molecular weight is 287 g/mol. The summed E-state index contributed by atoms with van der Waals surface area (Å²) in [6.45, 7) is 1.78. The standard InChI is InChI=1S/C12H17NO5S/c1-3-18-12(14)8-19(15,16)7-9-4-5-11(17-2)10(13)6-9/h4-6H,3,7-8,13H2,1-2H3. The Morgan fingerprint density at radius 1 is 1.37 bits per heavy atom. The fourth-order valence-corrected chi connectivity index (χ4v) is 2.79. The number of hydrogen-bond acceptors (Lipinski definition) is 6. The predicted molar refractivity (Wildman–Crippen MR) is 71.5 cm³/mol. The van der Waals surface area contributed by atoms with E-state index in [1.54, 1.807) is 19.1 Å². The number of sulfone groups is 1. The molecule has 0 aliphatic heterocycles. The number of ether oxygens (including phenoxy) is 2. The van der Waals surface area contributed by atoms with Crippen LogP contribution in [0.4, 0.5) is 5.69 Å². The van der Waals surface area contributed by atoms with Crippen molar-refractivity contribution in [2.24, 2.45) is 0 Å². The van der Waals surface area contributed by atoms with E-state index in [4.69, 9.17) is 10.5 Å². The molecule has 0 amide bonds. The van der Waals surface area contributed by atoms with Crippen molar-refractivity contribution >= 4 is 21.5 Å². The summed E-state index contributed by atoms with van der Waals surface area (Å²) in [6, 6.07) is 4.70. The summed E-state index contributed by atoms with van der Waals surface area (Å²) in [7, 11) is -2.09. The fourth-order valence-electron chi connectivity index (χ4n) is 1.56. The molecule has 0 radical (unpaired) electrons. The van der Waals surface area contributed by atoms with Gasteiger partial charge in [0.1, 0.15) is 11.5 Å². The first-order valence-electron chi connectivity index (χ1n) is 5.66. The quantitative estimate of drug-likeness (QED) is 0.613. The van der Waals surface area contributed by atoms with E-state index in [9.17, 15) is 13.2 Å². The highest BCUT2D eigenvalue weighted by atomic mass is 32.2. The Morgan fingerprint density at radius 3 is 2.58 bits per heavy atom. The van der Waals surface area contributed by atoms with Crippen LogP contribution in [0.15, 0.2) is 18.2 Å². The van der Waals surface area contributed by atoms with E-state index < -0.39 is 21.6 Å². The lowest BCUT2D eigenvalue weighted by Gasteiger charge is -2.08. The molecule has 0 heterocycles. The number of benzene rings is 1. The van der Waals surface area contributed by atoms with Crippen molar-refractivity contribution in [3.8, 4) is 5.75 Å². The van der Waals surface area contributed by atoms with Crippen molar-refractivity contribution in [2.45, 2.75) is 12.7 Å². The monoisotopic (exact) mass is 287 g/mol. The second kappa shape index (κ2) is 6.42. The minimum Gasteiger partial charge on any atom is -0.495 e. The van der Waals surface area contributed by atoms with Gasteiger partial charge in [-0.05, 0) is 24.6 Å². The Labute approximate surface area is 112 Å². The van der Waals surface area contributed by atoms with Gasteiger partial charge in [0, 0.05) is 0 Å². The van der Waals surface area contributed by atoms with Crippen molar-refractivity contribution in [3.63, 3.8) is 0 Å². The molecule has 1 rings (SSSR count). The molecule has 2 N–H and O–H groups in total. The van der Waals surface area contributed by atoms with E-state index in [2.05, 4.69) is 4.74 Å². The highest BCUT2D eigenvalue weighted by Gasteiger charge is 2.18. The SMILES string of the molecule is CCOC(=O)CS(=O)(=O)Cc1ccc(OC)c(N)c1. The summed E-state index contributed by atoms with van der Waals surface area (Å²) in [4.78, 5) is 11.2. The van der Waals surface area contributed by atoms with Crippen LogP contribution in [0.5, 0.6) is 5.75 Å². The van der Waals surface area contributed by atoms with Crippen LogP contribution in [0.1, 0.15) is 12.5 Å². The van der Waals surface area contributed by atoms with Crippen molar-refractivity contribution in [1.82, 2.24) is 0 Å². The number of rotatable bonds is 6. The third-order valence-corrected chi connectivity index (χ3v) is 3.77. The maximum Gasteiger partial charge on any atom is 0.321 e. The van der Waals surface area contributed by atoms with Gasteiger partial charge >= 0.3 is 5.97 Å². The second-order valence-corrected chi connectivity index (χ2v) is 5.98. The van der Waals surface area contributed by atoms with Crippen molar-refractivity contribution in [1.29, 1.82) is 0 Å². The van der Waals surface area contributed by atoms with Crippen LogP contribution in [-0.4, -0.2) is 33.9 Å². The number of nitrogen functional groups attached to an aromatic ring is 1. The highest BCUT2D eigenvalue weighted by molar-refractivity contribution is 7.91. The minimum atomic E-state index is -3.56. The highest BCUT2D eigenvalue weighted by Crippen LogP contribution is 2.23. The lowest BCUT2D eigenvalue weighted by atomic mass is 10.2. The van der Waals surface area contributed by atoms with Gasteiger partial charge in [-0.3, -0.25) is 4.79 Å². The normalized spacial score (nSPS) is 11.1. The van der Waals surface area contributed by atoms with Gasteiger partial charge in [-0.1, -0.05) is 6.07 Å². The summed E-state index contributed by atoms with van der Waals surface area (Å²) in [6.07, 6.45) is 0. The molecule has 19 heavy (non-hydrogen) atoms. The molecule has 0 atom stereocenters. The molecule has 1 aromatic carbocycles. The van der Waals surface area contributed by atoms with Crippen LogP contribution >= 0.6 is 0 Å². The first-order valence-corrected chi connectivity index (χ1v) is 7.48. The Hall–Kier alpha value is -1.76. The first kappa shape index (κ1) is 15.3. The van der Waals surface area contributed by atoms with E-state index in [-0.39, 0.29) is 12.4 Å². The van der Waals surface area contributed by atoms with Gasteiger partial charge in [-0.15, -0.1) is 0 Å². The van der Waals surface area contributed by atoms with Gasteiger partial charge in [-0.25, -0.2) is 8.42 Å². The number of hydrogen-bond donors (Lipinski definition) is 1. The van der Waals surface area contributed by atoms with Gasteiger partial charge in [-0.2, -0.15) is 0 Å². The number of anilines is 1. The fraction of sp³-hybridized carbons (Fsp3) is 0.417. The topological polar surface area (TPSA) is 95.7 Å². The molecule has 0 spiro atoms. The zero-order valence-electron chi connectivity index (χ0n) is 10.9. The molecule has 6 nitrogen and oxygen atoms in total. The number of esters is 1. The maximum atomic E-state index is 11.8. The number of carbonyl (C=O) groups excluding carboxylic acids is 1. The molecule has 0 aromatic heterocycles. The van der Waals surface area contributed by atoms with Gasteiger partial charge in [0.05, 0.1) is 25.2 Å². The summed E-state index contributed by atoms with van der Waals surface area (Å²) < 4.78 is 33.1. The van der Waals surface area contributed by atoms with Crippen LogP contribution in [-0.2, 0) is 25.1 Å². The lowest BCUT2D eigenvalue weighted by molar-refractivity contribution is -0.139. The Morgan fingerprint density at radius 2 is 2.05 bits per heavy atom. The molecular formula is C12H17NO5S. The van der Waals surface area contributed by atoms with E-state index in [0.717, 1.165) is 0 Å². The number of methoxy groups -OCH3 is 1. The smallest absolute Gasteiger partial charge is 0.321 e. The summed E-state index contributed by atoms with van der Waals surface area (Å²) in [5.74, 6) is -1.16. The summed E-state index contributed by atoms with van der Waals surface area (Å²) in [5, 5.41) is 0. The van der Waals surface area contributed by atoms with Crippen LogP contribution in [0.3, 0.4) is 0 Å². The van der Waals surface area contributed by atoms with Crippen LogP contribution in [0, 0.1) is 0 Å². The van der Waals surface area contributed by atoms with Crippen LogP contribution < -0.4 is 10.5 Å². The molecule has 0 unspecified atom stereocenters. The van der Waals surface area contributed by atoms with Crippen LogP contribution in [0.25, 0.3) is 0 Å². The van der Waals surface area contributed by atoms with Gasteiger partial charge in [0.15, 0.2) is 9.84 Å². The molecule has 0 aliphatic rings. The molecule has 0 aliphatic carbocycles. The van der Waals surface area contributed by atoms with E-state index in [1.165, 1.54) is 13.2 Å². The molecular weight excluding hydrogens is 270 g/mol. The second-order valence-electron chi connectivity index (χ2n) is 3.91. The Kier molecular flexibility index (Phi) is 5.17. The molecule has 0 bridgehead atoms. The Balaban J connectivity index is 2.78. The van der Waals surface area contributed by atoms with E-state index in [1.807, 2.05) is 0 Å². The molecule has 7 heteroatoms. The van der Waals surface area contributed by atoms with Gasteiger partial charge < -0.3 is 15.2 Å². The zero-order chi connectivity index (χ0) is 14.5. The molecule has 0 saturated carbocycles. The number of nitrogens with two attached hydrogens (primary N) is 1.